The molecule has 0 radical (unpaired) electrons. The van der Waals surface area contributed by atoms with Crippen molar-refractivity contribution in [3.05, 3.63) is 28.8 Å². The fourth-order valence-corrected chi connectivity index (χ4v) is 1.49. The van der Waals surface area contributed by atoms with Crippen LogP contribution in [0.2, 0.25) is 5.02 Å². The Morgan fingerprint density at radius 3 is 2.93 bits per heavy atom. The summed E-state index contributed by atoms with van der Waals surface area (Å²) in [5, 5.41) is 3.16. The van der Waals surface area contributed by atoms with Crippen molar-refractivity contribution in [2.45, 2.75) is 11.3 Å². The van der Waals surface area contributed by atoms with Crippen molar-refractivity contribution in [2.75, 3.05) is 13.1 Å². The average Bonchev–Trinajstić information content (AvgIpc) is 2.22. The Morgan fingerprint density at radius 2 is 2.27 bits per heavy atom. The number of hydrogen-bond acceptors (Lipinski definition) is 3. The summed E-state index contributed by atoms with van der Waals surface area (Å²) in [7, 11) is 0. The van der Waals surface area contributed by atoms with E-state index < -0.39 is 0 Å². The van der Waals surface area contributed by atoms with Gasteiger partial charge in [-0.25, -0.2) is 0 Å². The standard InChI is InChI=1S/C10H13ClN2OS/c11-9-3-2-7(15)6-8(9)10(14)13-5-1-4-12/h2-3,6,15H,1,4-5,12H2,(H,13,14). The molecule has 0 aliphatic carbocycles. The predicted octanol–water partition coefficient (Wildman–Crippen LogP) is 1.71. The SMILES string of the molecule is NCCCNC(=O)c1cc(S)ccc1Cl. The Labute approximate surface area is 99.4 Å². The Balaban J connectivity index is 2.68. The van der Waals surface area contributed by atoms with Gasteiger partial charge in [-0.15, -0.1) is 12.6 Å². The highest BCUT2D eigenvalue weighted by atomic mass is 35.5. The second-order valence-corrected chi connectivity index (χ2v) is 3.99. The van der Waals surface area contributed by atoms with E-state index in [9.17, 15) is 4.79 Å². The first-order chi connectivity index (χ1) is 7.15. The highest BCUT2D eigenvalue weighted by Gasteiger charge is 2.09. The molecule has 0 atom stereocenters. The first-order valence-corrected chi connectivity index (χ1v) is 5.44. The number of nitrogens with one attached hydrogen (secondary N) is 1. The topological polar surface area (TPSA) is 55.1 Å². The summed E-state index contributed by atoms with van der Waals surface area (Å²) >= 11 is 10.0. The number of benzene rings is 1. The van der Waals surface area contributed by atoms with Gasteiger partial charge in [-0.2, -0.15) is 0 Å². The molecular weight excluding hydrogens is 232 g/mol. The first-order valence-electron chi connectivity index (χ1n) is 4.62. The molecule has 1 aromatic rings. The number of hydrogen-bond donors (Lipinski definition) is 3. The number of carbonyl (C=O) groups is 1. The van der Waals surface area contributed by atoms with Crippen LogP contribution >= 0.6 is 24.2 Å². The van der Waals surface area contributed by atoms with Gasteiger partial charge in [-0.3, -0.25) is 4.79 Å². The summed E-state index contributed by atoms with van der Waals surface area (Å²) in [4.78, 5) is 12.3. The van der Waals surface area contributed by atoms with E-state index in [0.717, 1.165) is 6.42 Å². The summed E-state index contributed by atoms with van der Waals surface area (Å²) in [6.45, 7) is 1.11. The highest BCUT2D eigenvalue weighted by Crippen LogP contribution is 2.19. The Morgan fingerprint density at radius 1 is 1.53 bits per heavy atom. The molecule has 0 aromatic heterocycles. The zero-order valence-corrected chi connectivity index (χ0v) is 9.81. The van der Waals surface area contributed by atoms with E-state index in [0.29, 0.717) is 28.6 Å². The van der Waals surface area contributed by atoms with Crippen LogP contribution in [0.15, 0.2) is 23.1 Å². The second kappa shape index (κ2) is 6.00. The van der Waals surface area contributed by atoms with Crippen LogP contribution in [-0.4, -0.2) is 19.0 Å². The summed E-state index contributed by atoms with van der Waals surface area (Å²) < 4.78 is 0. The van der Waals surface area contributed by atoms with E-state index in [1.807, 2.05) is 0 Å². The largest absolute Gasteiger partial charge is 0.352 e. The van der Waals surface area contributed by atoms with Crippen molar-refractivity contribution in [2.24, 2.45) is 5.73 Å². The summed E-state index contributed by atoms with van der Waals surface area (Å²) in [5.41, 5.74) is 5.76. The summed E-state index contributed by atoms with van der Waals surface area (Å²) in [5.74, 6) is -0.190. The lowest BCUT2D eigenvalue weighted by Gasteiger charge is -2.06. The van der Waals surface area contributed by atoms with E-state index in [1.54, 1.807) is 18.2 Å². The van der Waals surface area contributed by atoms with Gasteiger partial charge in [0.15, 0.2) is 0 Å². The smallest absolute Gasteiger partial charge is 0.252 e. The Hall–Kier alpha value is -0.710. The molecule has 0 fully saturated rings. The van der Waals surface area contributed by atoms with Crippen molar-refractivity contribution >= 4 is 30.1 Å². The third-order valence-electron chi connectivity index (χ3n) is 1.86. The minimum atomic E-state index is -0.190. The van der Waals surface area contributed by atoms with Crippen LogP contribution in [0.4, 0.5) is 0 Å². The molecule has 1 rings (SSSR count). The number of amides is 1. The average molecular weight is 245 g/mol. The molecule has 0 aliphatic rings. The Bertz CT molecular complexity index is 357. The first kappa shape index (κ1) is 12.4. The molecule has 0 bridgehead atoms. The van der Waals surface area contributed by atoms with Crippen LogP contribution in [0.3, 0.4) is 0 Å². The van der Waals surface area contributed by atoms with E-state index in [-0.39, 0.29) is 5.91 Å². The van der Waals surface area contributed by atoms with Gasteiger partial charge in [-0.05, 0) is 31.2 Å². The summed E-state index contributed by atoms with van der Waals surface area (Å²) in [6, 6.07) is 5.03. The van der Waals surface area contributed by atoms with Gasteiger partial charge in [0.05, 0.1) is 10.6 Å². The third kappa shape index (κ3) is 3.74. The third-order valence-corrected chi connectivity index (χ3v) is 2.47. The van der Waals surface area contributed by atoms with Gasteiger partial charge in [0.25, 0.3) is 5.91 Å². The molecule has 82 valence electrons. The normalized spacial score (nSPS) is 10.1. The van der Waals surface area contributed by atoms with E-state index in [1.165, 1.54) is 0 Å². The lowest BCUT2D eigenvalue weighted by atomic mass is 10.2. The molecule has 0 heterocycles. The zero-order chi connectivity index (χ0) is 11.3. The maximum Gasteiger partial charge on any atom is 0.252 e. The molecule has 1 amide bonds. The molecule has 0 spiro atoms. The monoisotopic (exact) mass is 244 g/mol. The van der Waals surface area contributed by atoms with Crippen LogP contribution < -0.4 is 11.1 Å². The van der Waals surface area contributed by atoms with Gasteiger partial charge in [0, 0.05) is 11.4 Å². The fourth-order valence-electron chi connectivity index (χ4n) is 1.09. The molecule has 0 saturated carbocycles. The molecule has 0 unspecified atom stereocenters. The van der Waals surface area contributed by atoms with Crippen LogP contribution in [-0.2, 0) is 0 Å². The van der Waals surface area contributed by atoms with Gasteiger partial charge in [0.2, 0.25) is 0 Å². The molecular formula is C10H13ClN2OS. The highest BCUT2D eigenvalue weighted by molar-refractivity contribution is 7.80. The van der Waals surface area contributed by atoms with E-state index >= 15 is 0 Å². The van der Waals surface area contributed by atoms with Crippen molar-refractivity contribution in [1.82, 2.24) is 5.32 Å². The van der Waals surface area contributed by atoms with Crippen molar-refractivity contribution < 1.29 is 4.79 Å². The number of nitrogens with two attached hydrogens (primary N) is 1. The summed E-state index contributed by atoms with van der Waals surface area (Å²) in [6.07, 6.45) is 0.754. The van der Waals surface area contributed by atoms with E-state index in [2.05, 4.69) is 17.9 Å². The van der Waals surface area contributed by atoms with Crippen molar-refractivity contribution in [1.29, 1.82) is 0 Å². The van der Waals surface area contributed by atoms with Gasteiger partial charge < -0.3 is 11.1 Å². The quantitative estimate of drug-likeness (QED) is 0.558. The van der Waals surface area contributed by atoms with Gasteiger partial charge in [0.1, 0.15) is 0 Å². The molecule has 3 N–H and O–H groups in total. The second-order valence-electron chi connectivity index (χ2n) is 3.06. The number of rotatable bonds is 4. The van der Waals surface area contributed by atoms with Crippen LogP contribution in [0.25, 0.3) is 0 Å². The van der Waals surface area contributed by atoms with Crippen molar-refractivity contribution in [3.8, 4) is 0 Å². The van der Waals surface area contributed by atoms with Crippen LogP contribution in [0.5, 0.6) is 0 Å². The number of halogens is 1. The fraction of sp³-hybridized carbons (Fsp3) is 0.300. The Kier molecular flexibility index (Phi) is 4.94. The minimum Gasteiger partial charge on any atom is -0.352 e. The molecule has 0 saturated heterocycles. The van der Waals surface area contributed by atoms with Crippen molar-refractivity contribution in [3.63, 3.8) is 0 Å². The minimum absolute atomic E-state index is 0.190. The van der Waals surface area contributed by atoms with Crippen LogP contribution in [0, 0.1) is 0 Å². The lowest BCUT2D eigenvalue weighted by Crippen LogP contribution is -2.26. The van der Waals surface area contributed by atoms with Gasteiger partial charge in [-0.1, -0.05) is 11.6 Å². The van der Waals surface area contributed by atoms with Crippen LogP contribution in [0.1, 0.15) is 16.8 Å². The maximum absolute atomic E-state index is 11.6. The number of thiol groups is 1. The molecule has 15 heavy (non-hydrogen) atoms. The van der Waals surface area contributed by atoms with E-state index in [4.69, 9.17) is 17.3 Å². The molecule has 3 nitrogen and oxygen atoms in total. The molecule has 1 aromatic carbocycles. The predicted molar refractivity (Wildman–Crippen MR) is 64.7 cm³/mol. The molecule has 5 heteroatoms. The maximum atomic E-state index is 11.6. The number of carbonyl (C=O) groups excluding carboxylic acids is 1. The zero-order valence-electron chi connectivity index (χ0n) is 8.16. The molecule has 0 aliphatic heterocycles. The van der Waals surface area contributed by atoms with Gasteiger partial charge >= 0.3 is 0 Å². The lowest BCUT2D eigenvalue weighted by molar-refractivity contribution is 0.0953.